The third-order valence-electron chi connectivity index (χ3n) is 5.74. The van der Waals surface area contributed by atoms with Gasteiger partial charge in [-0.15, -0.1) is 0 Å². The van der Waals surface area contributed by atoms with Crippen LogP contribution in [0.25, 0.3) is 10.9 Å². The van der Waals surface area contributed by atoms with Crippen LogP contribution in [0.1, 0.15) is 42.6 Å². The Bertz CT molecular complexity index is 903. The summed E-state index contributed by atoms with van der Waals surface area (Å²) in [6, 6.07) is 5.43. The number of fused-ring (bicyclic) bond motifs is 3. The molecule has 2 unspecified atom stereocenters. The maximum atomic E-state index is 12.9. The van der Waals surface area contributed by atoms with Crippen LogP contribution >= 0.6 is 0 Å². The molecule has 2 atom stereocenters. The Morgan fingerprint density at radius 1 is 1.00 bits per heavy atom. The van der Waals surface area contributed by atoms with E-state index in [9.17, 15) is 35.4 Å². The summed E-state index contributed by atoms with van der Waals surface area (Å²) >= 11 is 0. The van der Waals surface area contributed by atoms with Gasteiger partial charge in [0.2, 0.25) is 0 Å². The lowest BCUT2D eigenvalue weighted by Gasteiger charge is -2.51. The zero-order valence-electron chi connectivity index (χ0n) is 15.5. The SMILES string of the molecule is O=C(NC1CC2CCCC(C1)N2C(O)(O)O)c1nn(C(O)(O)O)c2ccccc12. The van der Waals surface area contributed by atoms with E-state index in [0.29, 0.717) is 35.8 Å². The fraction of sp³-hybridized carbons (Fsp3) is 0.556. The highest BCUT2D eigenvalue weighted by molar-refractivity contribution is 6.05. The molecule has 2 aliphatic rings. The number of carbonyl (C=O) groups excluding carboxylic acids is 1. The monoisotopic (exact) mass is 408 g/mol. The molecule has 29 heavy (non-hydrogen) atoms. The number of aliphatic hydroxyl groups is 6. The second kappa shape index (κ2) is 6.99. The number of carbonyl (C=O) groups is 1. The first-order valence-electron chi connectivity index (χ1n) is 9.47. The summed E-state index contributed by atoms with van der Waals surface area (Å²) in [5, 5.41) is 64.6. The summed E-state index contributed by atoms with van der Waals surface area (Å²) in [5.74, 6) is -0.552. The second-order valence-corrected chi connectivity index (χ2v) is 7.77. The highest BCUT2D eigenvalue weighted by Gasteiger charge is 2.47. The number of aromatic nitrogens is 2. The highest BCUT2D eigenvalue weighted by Crippen LogP contribution is 2.37. The summed E-state index contributed by atoms with van der Waals surface area (Å²) in [4.78, 5) is 14.2. The molecule has 0 aliphatic carbocycles. The van der Waals surface area contributed by atoms with E-state index in [-0.39, 0.29) is 29.3 Å². The molecule has 1 aromatic heterocycles. The van der Waals surface area contributed by atoms with Crippen molar-refractivity contribution < 1.29 is 35.4 Å². The van der Waals surface area contributed by atoms with E-state index in [1.165, 1.54) is 11.0 Å². The summed E-state index contributed by atoms with van der Waals surface area (Å²) in [6.45, 7) is 0. The van der Waals surface area contributed by atoms with Crippen molar-refractivity contribution >= 4 is 16.8 Å². The first kappa shape index (κ1) is 20.2. The fourth-order valence-corrected chi connectivity index (χ4v) is 4.71. The minimum Gasteiger partial charge on any atom is -0.348 e. The molecule has 2 saturated heterocycles. The van der Waals surface area contributed by atoms with Crippen molar-refractivity contribution in [1.82, 2.24) is 20.0 Å². The molecule has 158 valence electrons. The minimum atomic E-state index is -3.26. The van der Waals surface area contributed by atoms with Crippen LogP contribution in [0.4, 0.5) is 0 Å². The zero-order valence-corrected chi connectivity index (χ0v) is 15.5. The number of nitrogens with zero attached hydrogens (tertiary/aromatic N) is 3. The molecule has 1 aromatic carbocycles. The largest absolute Gasteiger partial charge is 0.389 e. The Morgan fingerprint density at radius 3 is 2.21 bits per heavy atom. The van der Waals surface area contributed by atoms with E-state index in [4.69, 9.17) is 0 Å². The molecule has 1 amide bonds. The molecule has 2 bridgehead atoms. The van der Waals surface area contributed by atoms with E-state index in [1.54, 1.807) is 18.2 Å². The molecule has 3 heterocycles. The number of hydrogen-bond acceptors (Lipinski definition) is 9. The lowest BCUT2D eigenvalue weighted by atomic mass is 9.81. The van der Waals surface area contributed by atoms with Crippen LogP contribution in [0.2, 0.25) is 0 Å². The number of benzene rings is 1. The van der Waals surface area contributed by atoms with E-state index >= 15 is 0 Å². The van der Waals surface area contributed by atoms with Gasteiger partial charge in [-0.05, 0) is 31.7 Å². The van der Waals surface area contributed by atoms with Crippen molar-refractivity contribution in [3.8, 4) is 0 Å². The average Bonchev–Trinajstić information content (AvgIpc) is 3.00. The summed E-state index contributed by atoms with van der Waals surface area (Å²) in [7, 11) is 0. The molecule has 0 spiro atoms. The summed E-state index contributed by atoms with van der Waals surface area (Å²) in [5.41, 5.74) is 0.0954. The number of rotatable bonds is 4. The van der Waals surface area contributed by atoms with Crippen molar-refractivity contribution in [2.24, 2.45) is 0 Å². The van der Waals surface area contributed by atoms with Crippen LogP contribution in [0.15, 0.2) is 24.3 Å². The third-order valence-corrected chi connectivity index (χ3v) is 5.74. The lowest BCUT2D eigenvalue weighted by Crippen LogP contribution is -2.65. The van der Waals surface area contributed by atoms with Gasteiger partial charge < -0.3 is 36.0 Å². The standard InChI is InChI=1S/C18H24N4O7/c23-16(15-13-6-1-2-7-14(13)22(20-15)18(27,28)29)19-10-8-11-4-3-5-12(9-10)21(11)17(24,25)26/h1-2,6-7,10-12,24-29H,3-5,8-9H2,(H,19,23). The van der Waals surface area contributed by atoms with E-state index < -0.39 is 18.1 Å². The molecule has 0 radical (unpaired) electrons. The Morgan fingerprint density at radius 2 is 1.62 bits per heavy atom. The van der Waals surface area contributed by atoms with Crippen molar-refractivity contribution in [1.29, 1.82) is 0 Å². The fourth-order valence-electron chi connectivity index (χ4n) is 4.71. The summed E-state index contributed by atoms with van der Waals surface area (Å²) in [6.07, 6.45) is -3.12. The highest BCUT2D eigenvalue weighted by atomic mass is 16.7. The van der Waals surface area contributed by atoms with Gasteiger partial charge >= 0.3 is 12.2 Å². The summed E-state index contributed by atoms with van der Waals surface area (Å²) < 4.78 is 0.548. The molecular formula is C18H24N4O7. The van der Waals surface area contributed by atoms with Crippen molar-refractivity contribution in [3.63, 3.8) is 0 Å². The van der Waals surface area contributed by atoms with Gasteiger partial charge in [0, 0.05) is 23.5 Å². The molecule has 2 aliphatic heterocycles. The van der Waals surface area contributed by atoms with E-state index in [2.05, 4.69) is 10.4 Å². The van der Waals surface area contributed by atoms with Gasteiger partial charge in [0.25, 0.3) is 5.91 Å². The Labute approximate surface area is 165 Å². The lowest BCUT2D eigenvalue weighted by molar-refractivity contribution is -0.416. The number of para-hydroxylation sites is 1. The molecule has 4 rings (SSSR count). The predicted molar refractivity (Wildman–Crippen MR) is 97.5 cm³/mol. The van der Waals surface area contributed by atoms with Gasteiger partial charge in [-0.25, -0.2) is 4.90 Å². The number of nitrogens with one attached hydrogen (secondary N) is 1. The smallest absolute Gasteiger partial charge is 0.348 e. The maximum absolute atomic E-state index is 12.9. The predicted octanol–water partition coefficient (Wildman–Crippen LogP) is -1.72. The van der Waals surface area contributed by atoms with E-state index in [1.807, 2.05) is 0 Å². The topological polar surface area (TPSA) is 172 Å². The normalized spacial score (nSPS) is 25.9. The van der Waals surface area contributed by atoms with Gasteiger partial charge in [0.1, 0.15) is 0 Å². The molecular weight excluding hydrogens is 384 g/mol. The van der Waals surface area contributed by atoms with Crippen molar-refractivity contribution in [2.45, 2.75) is 62.4 Å². The molecule has 0 saturated carbocycles. The van der Waals surface area contributed by atoms with Gasteiger partial charge in [0.05, 0.1) is 5.52 Å². The van der Waals surface area contributed by atoms with Crippen molar-refractivity contribution in [3.05, 3.63) is 30.0 Å². The van der Waals surface area contributed by atoms with Crippen LogP contribution in [-0.2, 0) is 6.10 Å². The van der Waals surface area contributed by atoms with Crippen LogP contribution in [0, 0.1) is 0 Å². The Kier molecular flexibility index (Phi) is 4.86. The first-order chi connectivity index (χ1) is 13.6. The zero-order chi connectivity index (χ0) is 21.0. The van der Waals surface area contributed by atoms with Gasteiger partial charge in [-0.2, -0.15) is 9.78 Å². The Balaban J connectivity index is 1.57. The minimum absolute atomic E-state index is 0.0736. The average molecular weight is 408 g/mol. The van der Waals surface area contributed by atoms with Gasteiger partial charge in [-0.3, -0.25) is 4.79 Å². The molecule has 2 fully saturated rings. The van der Waals surface area contributed by atoms with Crippen LogP contribution in [0.3, 0.4) is 0 Å². The molecule has 11 heteroatoms. The molecule has 2 aromatic rings. The van der Waals surface area contributed by atoms with Crippen LogP contribution in [0.5, 0.6) is 0 Å². The Hall–Kier alpha value is -2.12. The van der Waals surface area contributed by atoms with Crippen molar-refractivity contribution in [2.75, 3.05) is 0 Å². The van der Waals surface area contributed by atoms with Crippen LogP contribution < -0.4 is 5.32 Å². The maximum Gasteiger partial charge on any atom is 0.389 e. The quantitative estimate of drug-likeness (QED) is 0.291. The number of amides is 1. The first-order valence-corrected chi connectivity index (χ1v) is 9.47. The molecule has 7 N–H and O–H groups in total. The van der Waals surface area contributed by atoms with Gasteiger partial charge in [0.15, 0.2) is 5.69 Å². The molecule has 11 nitrogen and oxygen atoms in total. The van der Waals surface area contributed by atoms with Crippen LogP contribution in [-0.4, -0.2) is 75.4 Å². The van der Waals surface area contributed by atoms with Gasteiger partial charge in [-0.1, -0.05) is 24.6 Å². The second-order valence-electron chi connectivity index (χ2n) is 7.77. The van der Waals surface area contributed by atoms with E-state index in [0.717, 1.165) is 6.42 Å². The number of piperidine rings is 2. The number of hydrogen-bond donors (Lipinski definition) is 7. The third kappa shape index (κ3) is 3.73.